The zero-order valence-corrected chi connectivity index (χ0v) is 31.6. The standard InChI is InChI=1S/C42H47F2NO10/c1-37(2)54-32-17-23-24-16-26(43)25-15-21(46)10-11-38(25,3)41(24,44)30(48)18-39(23,4)42(32,55-37)31(49)19-51-36(50)52-29-9-6-20-14-27-22-7-8-28(47)35-40(22,12-13-45(27)5)33(20)34(29)53-35/h6-11,15,22-24,26-28,30,32,35,47-48H,12-14,16-19H2,1-5H3/t22?,23?,24?,26-,27+,28?,30-,32?,35-,38?,39?,40-,41-,42?/m0/s1. The molecule has 1 spiro atoms. The topological polar surface area (TPSA) is 141 Å². The van der Waals surface area contributed by atoms with Crippen molar-refractivity contribution in [2.45, 2.75) is 119 Å². The molecule has 1 aromatic rings. The molecular weight excluding hydrogens is 716 g/mol. The SMILES string of the molecule is CN1CC[C@]23c4c5ccc(OC(=O)OCC(=O)C67OC(C)(C)OC6CC6C8C[C@H](F)C9=CC(=O)C=CC9(C)[C@@]8(F)[C@@H](O)CC67C)c4O[C@H]2C(O)C=CC3[C@H]1C5. The summed E-state index contributed by atoms with van der Waals surface area (Å²) in [4.78, 5) is 42.7. The maximum atomic E-state index is 17.8. The number of ketones is 2. The molecule has 3 aliphatic heterocycles. The van der Waals surface area contributed by atoms with E-state index in [1.54, 1.807) is 32.9 Å². The summed E-state index contributed by atoms with van der Waals surface area (Å²) in [6.07, 6.45) is 2.04. The second-order valence-electron chi connectivity index (χ2n) is 18.4. The largest absolute Gasteiger partial charge is 0.514 e. The number of allylic oxidation sites excluding steroid dienone is 4. The Morgan fingerprint density at radius 2 is 1.87 bits per heavy atom. The first-order valence-electron chi connectivity index (χ1n) is 19.5. The molecule has 0 radical (unpaired) electrons. The van der Waals surface area contributed by atoms with Crippen LogP contribution in [0.1, 0.15) is 64.5 Å². The van der Waals surface area contributed by atoms with E-state index < -0.39 is 100 Å². The minimum atomic E-state index is -2.35. The van der Waals surface area contributed by atoms with Gasteiger partial charge in [-0.15, -0.1) is 0 Å². The number of aliphatic hydroxyl groups excluding tert-OH is 2. The number of carbonyl (C=O) groups excluding carboxylic acids is 3. The number of benzene rings is 1. The Morgan fingerprint density at radius 3 is 2.65 bits per heavy atom. The van der Waals surface area contributed by atoms with Gasteiger partial charge in [-0.05, 0) is 102 Å². The van der Waals surface area contributed by atoms with Gasteiger partial charge in [-0.25, -0.2) is 13.6 Å². The molecule has 8 unspecified atom stereocenters. The van der Waals surface area contributed by atoms with Crippen LogP contribution in [0, 0.1) is 28.6 Å². The predicted octanol–water partition coefficient (Wildman–Crippen LogP) is 4.40. The average molecular weight is 764 g/mol. The third-order valence-electron chi connectivity index (χ3n) is 15.7. The summed E-state index contributed by atoms with van der Waals surface area (Å²) < 4.78 is 64.4. The lowest BCUT2D eigenvalue weighted by Gasteiger charge is -2.63. The lowest BCUT2D eigenvalue weighted by molar-refractivity contribution is -0.248. The van der Waals surface area contributed by atoms with E-state index in [0.717, 1.165) is 36.6 Å². The maximum absolute atomic E-state index is 17.8. The molecule has 3 heterocycles. The number of alkyl halides is 2. The Hall–Kier alpha value is -3.49. The van der Waals surface area contributed by atoms with Gasteiger partial charge in [-0.2, -0.15) is 0 Å². The van der Waals surface area contributed by atoms with E-state index in [0.29, 0.717) is 5.75 Å². The van der Waals surface area contributed by atoms with Crippen LogP contribution >= 0.6 is 0 Å². The van der Waals surface area contributed by atoms with E-state index in [4.69, 9.17) is 23.7 Å². The number of hydrogen-bond acceptors (Lipinski definition) is 11. The lowest BCUT2D eigenvalue weighted by atomic mass is 9.44. The van der Waals surface area contributed by atoms with Crippen molar-refractivity contribution in [2.24, 2.45) is 28.6 Å². The Labute approximate surface area is 317 Å². The monoisotopic (exact) mass is 763 g/mol. The van der Waals surface area contributed by atoms with E-state index in [-0.39, 0.29) is 42.5 Å². The quantitative estimate of drug-likeness (QED) is 0.256. The summed E-state index contributed by atoms with van der Waals surface area (Å²) in [7, 11) is 2.12. The zero-order chi connectivity index (χ0) is 38.8. The maximum Gasteiger partial charge on any atom is 0.514 e. The first kappa shape index (κ1) is 35.9. The van der Waals surface area contributed by atoms with Gasteiger partial charge in [0.1, 0.15) is 18.4 Å². The highest BCUT2D eigenvalue weighted by atomic mass is 19.1. The Balaban J connectivity index is 0.928. The summed E-state index contributed by atoms with van der Waals surface area (Å²) in [6.45, 7) is 6.64. The van der Waals surface area contributed by atoms with Gasteiger partial charge in [0.05, 0.1) is 12.2 Å². The molecule has 11 nitrogen and oxygen atoms in total. The van der Waals surface area contributed by atoms with Crippen molar-refractivity contribution in [3.8, 4) is 11.5 Å². The minimum Gasteiger partial charge on any atom is -0.482 e. The molecule has 2 bridgehead atoms. The number of likely N-dealkylation sites (N-methyl/N-ethyl adjacent to an activating group) is 1. The van der Waals surface area contributed by atoms with Gasteiger partial charge in [-0.1, -0.05) is 31.2 Å². The molecule has 10 rings (SSSR count). The van der Waals surface area contributed by atoms with E-state index in [1.807, 2.05) is 6.07 Å². The van der Waals surface area contributed by atoms with Crippen molar-refractivity contribution >= 4 is 17.7 Å². The third-order valence-corrected chi connectivity index (χ3v) is 15.7. The van der Waals surface area contributed by atoms with Gasteiger partial charge in [0, 0.05) is 39.7 Å². The van der Waals surface area contributed by atoms with Gasteiger partial charge in [-0.3, -0.25) is 9.59 Å². The first-order valence-corrected chi connectivity index (χ1v) is 19.5. The van der Waals surface area contributed by atoms with Crippen molar-refractivity contribution in [3.05, 3.63) is 59.2 Å². The fourth-order valence-corrected chi connectivity index (χ4v) is 13.5. The molecule has 2 saturated heterocycles. The number of carbonyl (C=O) groups is 3. The number of ether oxygens (including phenoxy) is 5. The van der Waals surface area contributed by atoms with Crippen molar-refractivity contribution in [1.29, 1.82) is 0 Å². The van der Waals surface area contributed by atoms with Crippen molar-refractivity contribution in [1.82, 2.24) is 4.90 Å². The van der Waals surface area contributed by atoms with Crippen LogP contribution in [0.5, 0.6) is 11.5 Å². The van der Waals surface area contributed by atoms with Crippen LogP contribution in [0.25, 0.3) is 0 Å². The molecule has 13 heteroatoms. The first-order chi connectivity index (χ1) is 25.9. The normalized spacial score (nSPS) is 47.8. The second kappa shape index (κ2) is 11.1. The average Bonchev–Trinajstić information content (AvgIpc) is 3.71. The van der Waals surface area contributed by atoms with Gasteiger partial charge in [0.15, 0.2) is 40.9 Å². The molecule has 2 N–H and O–H groups in total. The van der Waals surface area contributed by atoms with E-state index >= 15 is 8.78 Å². The summed E-state index contributed by atoms with van der Waals surface area (Å²) in [6, 6.07) is 3.82. The van der Waals surface area contributed by atoms with Gasteiger partial charge in [0.2, 0.25) is 5.78 Å². The molecule has 3 saturated carbocycles. The molecule has 14 atom stereocenters. The highest BCUT2D eigenvalue weighted by molar-refractivity contribution is 6.01. The van der Waals surface area contributed by atoms with Gasteiger partial charge in [0.25, 0.3) is 0 Å². The van der Waals surface area contributed by atoms with Crippen LogP contribution in [-0.4, -0.2) is 107 Å². The van der Waals surface area contributed by atoms with E-state index in [2.05, 4.69) is 18.0 Å². The lowest BCUT2D eigenvalue weighted by Crippen LogP contribution is -2.71. The number of fused-ring (bicyclic) bond motifs is 7. The Kier molecular flexibility index (Phi) is 7.26. The van der Waals surface area contributed by atoms with Crippen LogP contribution in [0.4, 0.5) is 13.6 Å². The van der Waals surface area contributed by atoms with Gasteiger partial charge >= 0.3 is 6.16 Å². The van der Waals surface area contributed by atoms with Crippen LogP contribution in [-0.2, 0) is 35.6 Å². The molecule has 5 fully saturated rings. The molecule has 9 aliphatic rings. The Morgan fingerprint density at radius 1 is 1.09 bits per heavy atom. The van der Waals surface area contributed by atoms with Crippen LogP contribution < -0.4 is 9.47 Å². The minimum absolute atomic E-state index is 0.00962. The second-order valence-corrected chi connectivity index (χ2v) is 18.4. The fraction of sp³-hybridized carbons (Fsp3) is 0.643. The fourth-order valence-electron chi connectivity index (χ4n) is 13.5. The Bertz CT molecular complexity index is 2030. The number of aliphatic hydroxyl groups is 2. The molecule has 6 aliphatic carbocycles. The third kappa shape index (κ3) is 4.24. The number of hydrogen-bond donors (Lipinski definition) is 2. The number of rotatable bonds is 4. The predicted molar refractivity (Wildman–Crippen MR) is 190 cm³/mol. The number of piperidine rings is 1. The number of halogens is 2. The van der Waals surface area contributed by atoms with Gasteiger partial charge < -0.3 is 38.8 Å². The number of likely N-dealkylation sites (tertiary alicyclic amines) is 1. The molecule has 55 heavy (non-hydrogen) atoms. The summed E-state index contributed by atoms with van der Waals surface area (Å²) >= 11 is 0. The summed E-state index contributed by atoms with van der Waals surface area (Å²) in [5.41, 5.74) is -5.39. The molecule has 0 aromatic heterocycles. The summed E-state index contributed by atoms with van der Waals surface area (Å²) in [5.74, 6) is -3.42. The molecular formula is C42H47F2NO10. The van der Waals surface area contributed by atoms with E-state index in [9.17, 15) is 24.6 Å². The highest BCUT2D eigenvalue weighted by Crippen LogP contribution is 2.72. The smallest absolute Gasteiger partial charge is 0.482 e. The molecule has 294 valence electrons. The van der Waals surface area contributed by atoms with Crippen LogP contribution in [0.3, 0.4) is 0 Å². The van der Waals surface area contributed by atoms with Crippen molar-refractivity contribution < 1.29 is 57.1 Å². The van der Waals surface area contributed by atoms with Crippen molar-refractivity contribution in [3.63, 3.8) is 0 Å². The highest BCUT2D eigenvalue weighted by Gasteiger charge is 2.81. The summed E-state index contributed by atoms with van der Waals surface area (Å²) in [5, 5.41) is 22.9. The van der Waals surface area contributed by atoms with E-state index in [1.165, 1.54) is 19.1 Å². The molecule has 0 amide bonds. The van der Waals surface area contributed by atoms with Crippen LogP contribution in [0.2, 0.25) is 0 Å². The number of nitrogens with zero attached hydrogens (tertiary/aromatic N) is 1. The molecule has 1 aromatic carbocycles. The number of Topliss-reactive ketones (excluding diaryl/α,β-unsaturated/α-hetero) is 1. The zero-order valence-electron chi connectivity index (χ0n) is 31.6. The van der Waals surface area contributed by atoms with Crippen molar-refractivity contribution in [2.75, 3.05) is 20.2 Å². The van der Waals surface area contributed by atoms with Crippen LogP contribution in [0.15, 0.2) is 48.1 Å².